The molecule has 1 aromatic heterocycles. The molecule has 122 valence electrons. The van der Waals surface area contributed by atoms with Crippen LogP contribution in [0.3, 0.4) is 0 Å². The first-order chi connectivity index (χ1) is 11.9. The molecule has 0 radical (unpaired) electrons. The zero-order valence-electron chi connectivity index (χ0n) is 13.6. The van der Waals surface area contributed by atoms with E-state index in [1.54, 1.807) is 0 Å². The normalized spacial score (nSPS) is 19.5. The van der Waals surface area contributed by atoms with Crippen LogP contribution in [0.5, 0.6) is 5.88 Å². The van der Waals surface area contributed by atoms with Crippen molar-refractivity contribution >= 4 is 0 Å². The van der Waals surface area contributed by atoms with Gasteiger partial charge >= 0.3 is 0 Å². The Morgan fingerprint density at radius 2 is 2.00 bits per heavy atom. The molecule has 4 heteroatoms. The maximum atomic E-state index is 9.83. The Morgan fingerprint density at radius 3 is 2.75 bits per heavy atom. The van der Waals surface area contributed by atoms with Gasteiger partial charge in [0.2, 0.25) is 5.88 Å². The summed E-state index contributed by atoms with van der Waals surface area (Å²) < 4.78 is 11.5. The number of nitriles is 1. The molecule has 1 aliphatic heterocycles. The third kappa shape index (κ3) is 2.76. The minimum atomic E-state index is -0.00476. The van der Waals surface area contributed by atoms with Gasteiger partial charge in [0.05, 0.1) is 13.2 Å². The zero-order valence-corrected chi connectivity index (χ0v) is 13.6. The van der Waals surface area contributed by atoms with Gasteiger partial charge in [0.15, 0.2) is 0 Å². The summed E-state index contributed by atoms with van der Waals surface area (Å²) in [7, 11) is 0. The lowest BCUT2D eigenvalue weighted by Crippen LogP contribution is -2.19. The Morgan fingerprint density at radius 1 is 1.17 bits per heavy atom. The van der Waals surface area contributed by atoms with Gasteiger partial charge in [-0.3, -0.25) is 0 Å². The van der Waals surface area contributed by atoms with E-state index in [4.69, 9.17) is 14.5 Å². The summed E-state index contributed by atoms with van der Waals surface area (Å²) in [6, 6.07) is 12.5. The van der Waals surface area contributed by atoms with Gasteiger partial charge in [0.25, 0.3) is 0 Å². The van der Waals surface area contributed by atoms with E-state index in [9.17, 15) is 5.26 Å². The molecule has 1 aliphatic carbocycles. The summed E-state index contributed by atoms with van der Waals surface area (Å²) in [5.74, 6) is 0.479. The van der Waals surface area contributed by atoms with E-state index in [1.807, 2.05) is 18.2 Å². The quantitative estimate of drug-likeness (QED) is 0.866. The summed E-state index contributed by atoms with van der Waals surface area (Å²) in [5.41, 5.74) is 4.96. The summed E-state index contributed by atoms with van der Waals surface area (Å²) in [6.07, 6.45) is 5.08. The van der Waals surface area contributed by atoms with E-state index in [1.165, 1.54) is 5.56 Å². The third-order valence-electron chi connectivity index (χ3n) is 4.78. The Balaban J connectivity index is 1.87. The molecular weight excluding hydrogens is 300 g/mol. The fourth-order valence-electron chi connectivity index (χ4n) is 3.59. The molecule has 2 aromatic rings. The SMILES string of the molecule is N#Cc1c(OC2CCOC2)nc2c(c1-c1ccccc1)CCCC2. The number of nitrogens with zero attached hydrogens (tertiary/aromatic N) is 2. The Bertz CT molecular complexity index is 774. The van der Waals surface area contributed by atoms with Crippen LogP contribution in [0.1, 0.15) is 36.1 Å². The molecule has 1 aromatic carbocycles. The number of pyridine rings is 1. The van der Waals surface area contributed by atoms with Crippen LogP contribution >= 0.6 is 0 Å². The van der Waals surface area contributed by atoms with Crippen LogP contribution in [0.25, 0.3) is 11.1 Å². The highest BCUT2D eigenvalue weighted by Gasteiger charge is 2.26. The largest absolute Gasteiger partial charge is 0.471 e. The van der Waals surface area contributed by atoms with Crippen molar-refractivity contribution in [3.05, 3.63) is 47.2 Å². The summed E-state index contributed by atoms with van der Waals surface area (Å²) in [5, 5.41) is 9.83. The molecule has 0 N–H and O–H groups in total. The van der Waals surface area contributed by atoms with E-state index in [-0.39, 0.29) is 6.10 Å². The number of benzene rings is 1. The number of hydrogen-bond acceptors (Lipinski definition) is 4. The Hall–Kier alpha value is -2.38. The van der Waals surface area contributed by atoms with Crippen LogP contribution in [0.15, 0.2) is 30.3 Å². The zero-order chi connectivity index (χ0) is 16.4. The highest BCUT2D eigenvalue weighted by molar-refractivity contribution is 5.77. The second-order valence-electron chi connectivity index (χ2n) is 6.38. The van der Waals surface area contributed by atoms with Crippen molar-refractivity contribution in [1.29, 1.82) is 5.26 Å². The molecule has 0 bridgehead atoms. The molecule has 4 rings (SSSR count). The number of fused-ring (bicyclic) bond motifs is 1. The fourth-order valence-corrected chi connectivity index (χ4v) is 3.59. The van der Waals surface area contributed by atoms with Gasteiger partial charge < -0.3 is 9.47 Å². The van der Waals surface area contributed by atoms with Crippen LogP contribution in [-0.4, -0.2) is 24.3 Å². The van der Waals surface area contributed by atoms with Gasteiger partial charge in [-0.15, -0.1) is 0 Å². The van der Waals surface area contributed by atoms with Crippen molar-refractivity contribution in [2.24, 2.45) is 0 Å². The fraction of sp³-hybridized carbons (Fsp3) is 0.400. The monoisotopic (exact) mass is 320 g/mol. The first kappa shape index (κ1) is 15.2. The number of aromatic nitrogens is 1. The first-order valence-corrected chi connectivity index (χ1v) is 8.62. The summed E-state index contributed by atoms with van der Waals surface area (Å²) in [4.78, 5) is 4.73. The predicted molar refractivity (Wildman–Crippen MR) is 90.9 cm³/mol. The lowest BCUT2D eigenvalue weighted by atomic mass is 9.87. The van der Waals surface area contributed by atoms with Crippen molar-refractivity contribution in [3.63, 3.8) is 0 Å². The van der Waals surface area contributed by atoms with Crippen molar-refractivity contribution < 1.29 is 9.47 Å². The average molecular weight is 320 g/mol. The molecule has 1 unspecified atom stereocenters. The molecule has 2 aliphatic rings. The van der Waals surface area contributed by atoms with Gasteiger partial charge in [0, 0.05) is 17.7 Å². The molecule has 1 atom stereocenters. The standard InChI is InChI=1S/C20H20N2O2/c21-12-17-19(14-6-2-1-3-7-14)16-8-4-5-9-18(16)22-20(17)24-15-10-11-23-13-15/h1-3,6-7,15H,4-5,8-11,13H2. The molecule has 2 heterocycles. The third-order valence-corrected chi connectivity index (χ3v) is 4.78. The van der Waals surface area contributed by atoms with E-state index >= 15 is 0 Å². The maximum Gasteiger partial charge on any atom is 0.232 e. The lowest BCUT2D eigenvalue weighted by Gasteiger charge is -2.23. The second-order valence-corrected chi connectivity index (χ2v) is 6.38. The lowest BCUT2D eigenvalue weighted by molar-refractivity contribution is 0.137. The van der Waals surface area contributed by atoms with Gasteiger partial charge in [-0.1, -0.05) is 30.3 Å². The van der Waals surface area contributed by atoms with Gasteiger partial charge in [-0.2, -0.15) is 5.26 Å². The Labute approximate surface area is 142 Å². The van der Waals surface area contributed by atoms with E-state index in [0.29, 0.717) is 24.7 Å². The minimum absolute atomic E-state index is 0.00476. The first-order valence-electron chi connectivity index (χ1n) is 8.62. The van der Waals surface area contributed by atoms with Crippen LogP contribution in [0, 0.1) is 11.3 Å². The highest BCUT2D eigenvalue weighted by Crippen LogP contribution is 2.38. The second kappa shape index (κ2) is 6.62. The van der Waals surface area contributed by atoms with Crippen LogP contribution < -0.4 is 4.74 Å². The van der Waals surface area contributed by atoms with Crippen molar-refractivity contribution in [2.75, 3.05) is 13.2 Å². The molecule has 1 fully saturated rings. The summed E-state index contributed by atoms with van der Waals surface area (Å²) in [6.45, 7) is 1.29. The summed E-state index contributed by atoms with van der Waals surface area (Å²) >= 11 is 0. The molecule has 24 heavy (non-hydrogen) atoms. The molecule has 0 saturated carbocycles. The molecule has 4 nitrogen and oxygen atoms in total. The predicted octanol–water partition coefficient (Wildman–Crippen LogP) is 3.67. The van der Waals surface area contributed by atoms with Crippen LogP contribution in [0.2, 0.25) is 0 Å². The number of rotatable bonds is 3. The van der Waals surface area contributed by atoms with Gasteiger partial charge in [0.1, 0.15) is 17.7 Å². The topological polar surface area (TPSA) is 55.1 Å². The number of aryl methyl sites for hydroxylation is 1. The molecule has 0 spiro atoms. The van der Waals surface area contributed by atoms with Gasteiger partial charge in [-0.25, -0.2) is 4.98 Å². The number of hydrogen-bond donors (Lipinski definition) is 0. The van der Waals surface area contributed by atoms with Crippen LogP contribution in [0.4, 0.5) is 0 Å². The average Bonchev–Trinajstić information content (AvgIpc) is 3.14. The smallest absolute Gasteiger partial charge is 0.232 e. The minimum Gasteiger partial charge on any atom is -0.471 e. The highest BCUT2D eigenvalue weighted by atomic mass is 16.5. The molecule has 0 amide bonds. The maximum absolute atomic E-state index is 9.83. The van der Waals surface area contributed by atoms with Crippen molar-refractivity contribution in [2.45, 2.75) is 38.2 Å². The van der Waals surface area contributed by atoms with E-state index in [0.717, 1.165) is 48.9 Å². The van der Waals surface area contributed by atoms with Gasteiger partial charge in [-0.05, 0) is 36.8 Å². The van der Waals surface area contributed by atoms with Crippen LogP contribution in [-0.2, 0) is 17.6 Å². The number of ether oxygens (including phenoxy) is 2. The molecule has 1 saturated heterocycles. The van der Waals surface area contributed by atoms with E-state index in [2.05, 4.69) is 18.2 Å². The Kier molecular flexibility index (Phi) is 4.18. The van der Waals surface area contributed by atoms with Crippen molar-refractivity contribution in [3.8, 4) is 23.1 Å². The van der Waals surface area contributed by atoms with Crippen molar-refractivity contribution in [1.82, 2.24) is 4.98 Å². The molecular formula is C20H20N2O2. The van der Waals surface area contributed by atoms with E-state index < -0.39 is 0 Å².